The molecule has 4 aromatic rings. The highest BCUT2D eigenvalue weighted by Gasteiger charge is 2.23. The van der Waals surface area contributed by atoms with Crippen molar-refractivity contribution in [3.8, 4) is 17.0 Å². The molecule has 2 unspecified atom stereocenters. The van der Waals surface area contributed by atoms with Crippen LogP contribution in [0.5, 0.6) is 5.75 Å². The van der Waals surface area contributed by atoms with E-state index in [1.54, 1.807) is 48.5 Å². The van der Waals surface area contributed by atoms with Crippen LogP contribution in [0.15, 0.2) is 83.7 Å². The number of nitrogens with zero attached hydrogens (tertiary/aromatic N) is 2. The minimum Gasteiger partial charge on any atom is -0.496 e. The molecule has 0 amide bonds. The van der Waals surface area contributed by atoms with Gasteiger partial charge in [0.2, 0.25) is 0 Å². The van der Waals surface area contributed by atoms with Gasteiger partial charge in [0.25, 0.3) is 5.56 Å². The molecule has 1 aromatic heterocycles. The number of methoxy groups -OCH3 is 2. The van der Waals surface area contributed by atoms with Crippen LogP contribution in [0, 0.1) is 6.92 Å². The first kappa shape index (κ1) is 26.9. The Balaban J connectivity index is 1.74. The summed E-state index contributed by atoms with van der Waals surface area (Å²) >= 11 is -2.55. The Labute approximate surface area is 222 Å². The Kier molecular flexibility index (Phi) is 8.47. The van der Waals surface area contributed by atoms with Crippen LogP contribution in [0.3, 0.4) is 0 Å². The second-order valence-electron chi connectivity index (χ2n) is 8.47. The third-order valence-electron chi connectivity index (χ3n) is 5.91. The smallest absolute Gasteiger partial charge is 0.337 e. The van der Waals surface area contributed by atoms with Crippen LogP contribution < -0.4 is 10.3 Å². The highest BCUT2D eigenvalue weighted by Crippen LogP contribution is 2.36. The van der Waals surface area contributed by atoms with Gasteiger partial charge in [-0.2, -0.15) is 9.31 Å². The van der Waals surface area contributed by atoms with Gasteiger partial charge in [0.1, 0.15) is 11.9 Å². The molecule has 196 valence electrons. The van der Waals surface area contributed by atoms with Crippen molar-refractivity contribution in [2.45, 2.75) is 19.6 Å². The number of ether oxygens (including phenoxy) is 2. The van der Waals surface area contributed by atoms with Gasteiger partial charge in [0, 0.05) is 17.2 Å². The van der Waals surface area contributed by atoms with Gasteiger partial charge in [-0.25, -0.2) is 9.48 Å². The lowest BCUT2D eigenvalue weighted by molar-refractivity contribution is 0.0600. The Hall–Kier alpha value is -4.12. The summed E-state index contributed by atoms with van der Waals surface area (Å²) in [6, 6.07) is 22.4. The predicted octanol–water partition coefficient (Wildman–Crippen LogP) is 4.30. The second kappa shape index (κ2) is 12.0. The van der Waals surface area contributed by atoms with Crippen molar-refractivity contribution in [2.24, 2.45) is 0 Å². The van der Waals surface area contributed by atoms with Gasteiger partial charge in [0.05, 0.1) is 32.0 Å². The van der Waals surface area contributed by atoms with E-state index in [9.17, 15) is 18.4 Å². The van der Waals surface area contributed by atoms with Gasteiger partial charge in [-0.15, -0.1) is 0 Å². The van der Waals surface area contributed by atoms with Crippen LogP contribution in [0.4, 0.5) is 0 Å². The third kappa shape index (κ3) is 6.23. The van der Waals surface area contributed by atoms with Crippen molar-refractivity contribution in [3.63, 3.8) is 0 Å². The predicted molar refractivity (Wildman–Crippen MR) is 142 cm³/mol. The summed E-state index contributed by atoms with van der Waals surface area (Å²) in [6.07, 6.45) is -0.900. The zero-order valence-electron chi connectivity index (χ0n) is 21.0. The molecule has 38 heavy (non-hydrogen) atoms. The molecule has 0 bridgehead atoms. The molecule has 0 saturated carbocycles. The quantitative estimate of drug-likeness (QED) is 0.250. The van der Waals surface area contributed by atoms with E-state index in [4.69, 9.17) is 13.7 Å². The second-order valence-corrected chi connectivity index (χ2v) is 9.09. The molecule has 0 spiro atoms. The average molecular weight is 535 g/mol. The molecule has 0 aliphatic heterocycles. The van der Waals surface area contributed by atoms with Crippen molar-refractivity contribution in [3.05, 3.63) is 117 Å². The first-order valence-corrected chi connectivity index (χ1v) is 12.6. The fourth-order valence-electron chi connectivity index (χ4n) is 4.01. The van der Waals surface area contributed by atoms with Crippen LogP contribution in [0.25, 0.3) is 11.3 Å². The zero-order valence-corrected chi connectivity index (χ0v) is 21.8. The first-order chi connectivity index (χ1) is 18.3. The van der Waals surface area contributed by atoms with Gasteiger partial charge in [-0.3, -0.25) is 13.5 Å². The average Bonchev–Trinajstić information content (AvgIpc) is 2.92. The third-order valence-corrected chi connectivity index (χ3v) is 6.27. The van der Waals surface area contributed by atoms with E-state index in [2.05, 4.69) is 5.10 Å². The fourth-order valence-corrected chi connectivity index (χ4v) is 4.39. The van der Waals surface area contributed by atoms with Gasteiger partial charge in [0.15, 0.2) is 0 Å². The van der Waals surface area contributed by atoms with Gasteiger partial charge >= 0.3 is 17.3 Å². The number of hydrogen-bond donors (Lipinski definition) is 1. The number of benzene rings is 3. The highest BCUT2D eigenvalue weighted by atomic mass is 32.2. The Morgan fingerprint density at radius 3 is 2.47 bits per heavy atom. The Morgan fingerprint density at radius 1 is 1.03 bits per heavy atom. The molecule has 0 saturated heterocycles. The highest BCUT2D eigenvalue weighted by molar-refractivity contribution is 7.74. The van der Waals surface area contributed by atoms with Crippen molar-refractivity contribution in [2.75, 3.05) is 14.2 Å². The van der Waals surface area contributed by atoms with Crippen molar-refractivity contribution >= 4 is 17.3 Å². The van der Waals surface area contributed by atoms with Crippen molar-refractivity contribution in [1.29, 1.82) is 0 Å². The van der Waals surface area contributed by atoms with E-state index >= 15 is 0 Å². The summed E-state index contributed by atoms with van der Waals surface area (Å²) in [5, 5.41) is 4.53. The molecule has 3 aromatic carbocycles. The number of aromatic nitrogens is 2. The lowest BCUT2D eigenvalue weighted by Gasteiger charge is -2.20. The van der Waals surface area contributed by atoms with E-state index in [1.807, 2.05) is 31.2 Å². The largest absolute Gasteiger partial charge is 0.496 e. The normalized spacial score (nSPS) is 12.5. The topological polar surface area (TPSA) is 117 Å². The van der Waals surface area contributed by atoms with Gasteiger partial charge in [-0.05, 0) is 54.4 Å². The molecule has 2 atom stereocenters. The van der Waals surface area contributed by atoms with Gasteiger partial charge in [-0.1, -0.05) is 42.0 Å². The van der Waals surface area contributed by atoms with Crippen LogP contribution in [0.1, 0.15) is 38.7 Å². The van der Waals surface area contributed by atoms with E-state index < -0.39 is 23.4 Å². The molecule has 0 fully saturated rings. The molecular formula is C28H26N2O7S. The fraction of sp³-hybridized carbons (Fsp3) is 0.179. The number of carbonyl (C=O) groups excluding carboxylic acids is 1. The maximum Gasteiger partial charge on any atom is 0.337 e. The summed E-state index contributed by atoms with van der Waals surface area (Å²) in [7, 11) is 2.81. The maximum absolute atomic E-state index is 12.6. The number of rotatable bonds is 9. The summed E-state index contributed by atoms with van der Waals surface area (Å²) < 4.78 is 38.2. The molecule has 1 N–H and O–H groups in total. The van der Waals surface area contributed by atoms with Crippen molar-refractivity contribution < 1.29 is 27.2 Å². The SMILES string of the molecule is COC(=O)c1cccc(Cn2nc(-c3ccc(OC)c(C(OS(=O)O)c4ccc(C)cc4)c3)ccc2=O)c1. The number of hydrogen-bond acceptors (Lipinski definition) is 7. The Bertz CT molecular complexity index is 1530. The van der Waals surface area contributed by atoms with E-state index in [1.165, 1.54) is 25.0 Å². The summed E-state index contributed by atoms with van der Waals surface area (Å²) in [5.41, 5.74) is 4.10. The lowest BCUT2D eigenvalue weighted by Crippen LogP contribution is -2.23. The van der Waals surface area contributed by atoms with E-state index in [0.29, 0.717) is 39.3 Å². The first-order valence-electron chi connectivity index (χ1n) is 11.6. The maximum atomic E-state index is 12.6. The van der Waals surface area contributed by atoms with Crippen LogP contribution in [0.2, 0.25) is 0 Å². The van der Waals surface area contributed by atoms with Crippen LogP contribution >= 0.6 is 0 Å². The summed E-state index contributed by atoms with van der Waals surface area (Å²) in [5.74, 6) is -0.0152. The number of esters is 1. The van der Waals surface area contributed by atoms with Crippen LogP contribution in [-0.4, -0.2) is 38.7 Å². The minimum atomic E-state index is -2.55. The standard InChI is InChI=1S/C28H26N2O7S/c1-18-7-9-20(10-8-18)27(37-38(33)34)23-16-21(11-13-25(23)35-2)24-12-14-26(31)30(29-24)17-19-5-4-6-22(15-19)28(32)36-3/h4-16,27H,17H2,1-3H3,(H,33,34). The summed E-state index contributed by atoms with van der Waals surface area (Å²) in [6.45, 7) is 2.08. The molecule has 0 aliphatic rings. The van der Waals surface area contributed by atoms with E-state index in [0.717, 1.165) is 5.56 Å². The molecule has 4 rings (SSSR count). The Morgan fingerprint density at radius 2 is 1.79 bits per heavy atom. The zero-order chi connectivity index (χ0) is 27.2. The van der Waals surface area contributed by atoms with Crippen molar-refractivity contribution in [1.82, 2.24) is 9.78 Å². The molecule has 9 nitrogen and oxygen atoms in total. The molecule has 0 radical (unpaired) electrons. The minimum absolute atomic E-state index is 0.138. The van der Waals surface area contributed by atoms with E-state index in [-0.39, 0.29) is 12.1 Å². The monoisotopic (exact) mass is 534 g/mol. The number of carbonyl (C=O) groups is 1. The molecule has 10 heteroatoms. The molecule has 1 heterocycles. The number of aryl methyl sites for hydroxylation is 1. The lowest BCUT2D eigenvalue weighted by atomic mass is 9.97. The summed E-state index contributed by atoms with van der Waals surface area (Å²) in [4.78, 5) is 24.5. The molecule has 0 aliphatic carbocycles. The van der Waals surface area contributed by atoms with Gasteiger partial charge < -0.3 is 9.47 Å². The van der Waals surface area contributed by atoms with Crippen LogP contribution in [-0.2, 0) is 26.8 Å². The molecular weight excluding hydrogens is 508 g/mol.